The lowest BCUT2D eigenvalue weighted by atomic mass is 10.1. The Morgan fingerprint density at radius 2 is 2.08 bits per heavy atom. The van der Waals surface area contributed by atoms with Crippen LogP contribution >= 0.6 is 11.8 Å². The lowest BCUT2D eigenvalue weighted by molar-refractivity contribution is 0.434. The maximum Gasteiger partial charge on any atom is 0.0717 e. The van der Waals surface area contributed by atoms with E-state index in [0.717, 1.165) is 28.8 Å². The first kappa shape index (κ1) is 19.6. The minimum atomic E-state index is 0.726. The van der Waals surface area contributed by atoms with Crippen molar-refractivity contribution in [2.45, 2.75) is 38.4 Å². The molecule has 2 rings (SSSR count). The van der Waals surface area contributed by atoms with E-state index in [4.69, 9.17) is 4.99 Å². The van der Waals surface area contributed by atoms with Gasteiger partial charge in [0.25, 0.3) is 0 Å². The zero-order valence-electron chi connectivity index (χ0n) is 15.8. The molecule has 0 radical (unpaired) electrons. The fourth-order valence-electron chi connectivity index (χ4n) is 2.98. The second-order valence-corrected chi connectivity index (χ2v) is 8.12. The van der Waals surface area contributed by atoms with Crippen LogP contribution in [0.1, 0.15) is 30.4 Å². The maximum absolute atomic E-state index is 4.84. The van der Waals surface area contributed by atoms with E-state index in [2.05, 4.69) is 75.1 Å². The molecule has 1 atom stereocenters. The Morgan fingerprint density at radius 3 is 2.72 bits per heavy atom. The molecule has 2 nitrogen and oxygen atoms in total. The normalized spacial score (nSPS) is 18.8. The minimum absolute atomic E-state index is 0.726. The number of rotatable bonds is 7. The molecule has 1 fully saturated rings. The Labute approximate surface area is 157 Å². The number of aryl methyl sites for hydroxylation is 2. The van der Waals surface area contributed by atoms with Crippen LogP contribution in [0.4, 0.5) is 5.69 Å². The monoisotopic (exact) mass is 354 g/mol. The first-order valence-corrected chi connectivity index (χ1v) is 10.0. The molecule has 0 aliphatic carbocycles. The van der Waals surface area contributed by atoms with E-state index >= 15 is 0 Å². The standard InChI is InChI=1S/C22H30N2S/c1-6-19(15-24(5)16-20-10-8-9-13-25-20)21(7-2)23-22-14-17(3)11-12-18(22)4/h6-7,11-12,14-15,20H,1-2,8-10,13,16H2,3-5H3/b19-15+,23-21+. The predicted molar refractivity (Wildman–Crippen MR) is 114 cm³/mol. The largest absolute Gasteiger partial charge is 0.379 e. The molecule has 1 aromatic carbocycles. The molecule has 3 heteroatoms. The smallest absolute Gasteiger partial charge is 0.0717 e. The third-order valence-corrected chi connectivity index (χ3v) is 5.82. The van der Waals surface area contributed by atoms with Crippen LogP contribution in [-0.2, 0) is 0 Å². The number of allylic oxidation sites excluding steroid dienone is 3. The Hall–Kier alpha value is -1.74. The maximum atomic E-state index is 4.84. The zero-order valence-corrected chi connectivity index (χ0v) is 16.6. The molecule has 1 aromatic rings. The Bertz CT molecular complexity index is 667. The molecule has 0 aromatic heterocycles. The Kier molecular flexibility index (Phi) is 7.57. The van der Waals surface area contributed by atoms with Gasteiger partial charge in [-0.25, -0.2) is 4.99 Å². The van der Waals surface area contributed by atoms with Crippen LogP contribution in [0.15, 0.2) is 60.3 Å². The van der Waals surface area contributed by atoms with Crippen LogP contribution in [0.3, 0.4) is 0 Å². The van der Waals surface area contributed by atoms with Crippen molar-refractivity contribution in [3.63, 3.8) is 0 Å². The molecule has 0 saturated carbocycles. The fraction of sp³-hybridized carbons (Fsp3) is 0.409. The highest BCUT2D eigenvalue weighted by atomic mass is 32.2. The molecular formula is C22H30N2S. The van der Waals surface area contributed by atoms with E-state index in [-0.39, 0.29) is 0 Å². The van der Waals surface area contributed by atoms with E-state index in [1.165, 1.54) is 36.1 Å². The summed E-state index contributed by atoms with van der Waals surface area (Å²) >= 11 is 2.10. The van der Waals surface area contributed by atoms with Gasteiger partial charge in [-0.1, -0.05) is 37.8 Å². The van der Waals surface area contributed by atoms with Crippen molar-refractivity contribution in [2.75, 3.05) is 19.3 Å². The first-order chi connectivity index (χ1) is 12.0. The fourth-order valence-corrected chi connectivity index (χ4v) is 4.36. The number of thioether (sulfide) groups is 1. The zero-order chi connectivity index (χ0) is 18.2. The van der Waals surface area contributed by atoms with Gasteiger partial charge >= 0.3 is 0 Å². The molecule has 1 saturated heterocycles. The van der Waals surface area contributed by atoms with Gasteiger partial charge in [0.05, 0.1) is 11.4 Å². The molecule has 1 unspecified atom stereocenters. The second-order valence-electron chi connectivity index (χ2n) is 6.71. The number of hydrogen-bond donors (Lipinski definition) is 0. The Balaban J connectivity index is 2.19. The first-order valence-electron chi connectivity index (χ1n) is 8.98. The predicted octanol–water partition coefficient (Wildman–Crippen LogP) is 5.85. The van der Waals surface area contributed by atoms with Crippen molar-refractivity contribution in [1.82, 2.24) is 4.90 Å². The number of nitrogens with zero attached hydrogens (tertiary/aromatic N) is 2. The second kappa shape index (κ2) is 9.67. The van der Waals surface area contributed by atoms with E-state index in [1.54, 1.807) is 0 Å². The summed E-state index contributed by atoms with van der Waals surface area (Å²) in [6.45, 7) is 13.2. The highest BCUT2D eigenvalue weighted by molar-refractivity contribution is 7.99. The molecule has 0 bridgehead atoms. The number of aliphatic imine (C=N–C) groups is 1. The highest BCUT2D eigenvalue weighted by Gasteiger charge is 2.15. The molecule has 0 N–H and O–H groups in total. The summed E-state index contributed by atoms with van der Waals surface area (Å²) in [5, 5.41) is 0.726. The van der Waals surface area contributed by atoms with Crippen molar-refractivity contribution in [2.24, 2.45) is 4.99 Å². The highest BCUT2D eigenvalue weighted by Crippen LogP contribution is 2.26. The van der Waals surface area contributed by atoms with Crippen molar-refractivity contribution >= 4 is 23.2 Å². The van der Waals surface area contributed by atoms with Crippen LogP contribution in [0.25, 0.3) is 0 Å². The van der Waals surface area contributed by atoms with Gasteiger partial charge in [0.15, 0.2) is 0 Å². The van der Waals surface area contributed by atoms with Crippen LogP contribution in [0, 0.1) is 13.8 Å². The lowest BCUT2D eigenvalue weighted by Gasteiger charge is -2.26. The Morgan fingerprint density at radius 1 is 1.28 bits per heavy atom. The summed E-state index contributed by atoms with van der Waals surface area (Å²) in [5.41, 5.74) is 5.25. The van der Waals surface area contributed by atoms with Crippen molar-refractivity contribution in [1.29, 1.82) is 0 Å². The molecule has 134 valence electrons. The summed E-state index contributed by atoms with van der Waals surface area (Å²) in [4.78, 5) is 7.10. The van der Waals surface area contributed by atoms with Gasteiger partial charge in [0.1, 0.15) is 0 Å². The van der Waals surface area contributed by atoms with Crippen LogP contribution in [0.2, 0.25) is 0 Å². The van der Waals surface area contributed by atoms with Gasteiger partial charge in [-0.3, -0.25) is 0 Å². The van der Waals surface area contributed by atoms with Crippen LogP contribution in [0.5, 0.6) is 0 Å². The molecule has 1 heterocycles. The number of hydrogen-bond acceptors (Lipinski definition) is 3. The molecule has 0 spiro atoms. The van der Waals surface area contributed by atoms with E-state index in [9.17, 15) is 0 Å². The molecule has 0 amide bonds. The quantitative estimate of drug-likeness (QED) is 0.451. The molecule has 1 aliphatic heterocycles. The molecular weight excluding hydrogens is 324 g/mol. The third kappa shape index (κ3) is 5.93. The van der Waals surface area contributed by atoms with Gasteiger partial charge in [-0.15, -0.1) is 0 Å². The van der Waals surface area contributed by atoms with Gasteiger partial charge in [-0.05, 0) is 55.7 Å². The summed E-state index contributed by atoms with van der Waals surface area (Å²) in [6.07, 6.45) is 9.87. The van der Waals surface area contributed by atoms with Gasteiger partial charge in [0, 0.05) is 30.6 Å². The average molecular weight is 355 g/mol. The summed E-state index contributed by atoms with van der Waals surface area (Å²) in [6, 6.07) is 6.34. The van der Waals surface area contributed by atoms with Crippen molar-refractivity contribution in [3.05, 3.63) is 66.4 Å². The summed E-state index contributed by atoms with van der Waals surface area (Å²) in [5.74, 6) is 1.29. The van der Waals surface area contributed by atoms with E-state index in [1.807, 2.05) is 12.2 Å². The minimum Gasteiger partial charge on any atom is -0.379 e. The number of benzene rings is 1. The topological polar surface area (TPSA) is 15.6 Å². The van der Waals surface area contributed by atoms with E-state index in [0.29, 0.717) is 0 Å². The van der Waals surface area contributed by atoms with Crippen LogP contribution in [-0.4, -0.2) is 35.2 Å². The van der Waals surface area contributed by atoms with Crippen molar-refractivity contribution < 1.29 is 0 Å². The molecule has 1 aliphatic rings. The third-order valence-electron chi connectivity index (χ3n) is 4.44. The summed E-state index contributed by atoms with van der Waals surface area (Å²) in [7, 11) is 2.14. The van der Waals surface area contributed by atoms with Gasteiger partial charge < -0.3 is 4.90 Å². The SMILES string of the molecule is C=CC(=C\N(C)CC1CCCCS1)/C(C=C)=N/c1cc(C)ccc1C. The van der Waals surface area contributed by atoms with E-state index < -0.39 is 0 Å². The van der Waals surface area contributed by atoms with Crippen molar-refractivity contribution in [3.8, 4) is 0 Å². The molecule has 25 heavy (non-hydrogen) atoms. The average Bonchev–Trinajstić information content (AvgIpc) is 2.61. The summed E-state index contributed by atoms with van der Waals surface area (Å²) < 4.78 is 0. The van der Waals surface area contributed by atoms with Crippen LogP contribution < -0.4 is 0 Å². The lowest BCUT2D eigenvalue weighted by Crippen LogP contribution is -2.26. The van der Waals surface area contributed by atoms with Gasteiger partial charge in [-0.2, -0.15) is 11.8 Å². The van der Waals surface area contributed by atoms with Gasteiger partial charge in [0.2, 0.25) is 0 Å².